The second kappa shape index (κ2) is 5.18. The lowest BCUT2D eigenvalue weighted by Crippen LogP contribution is -2.17. The third-order valence-electron chi connectivity index (χ3n) is 3.45. The van der Waals surface area contributed by atoms with Crippen LogP contribution >= 0.6 is 0 Å². The third-order valence-corrected chi connectivity index (χ3v) is 4.29. The molecular formula is C13H10N8O2S. The van der Waals surface area contributed by atoms with Gasteiger partial charge in [-0.15, -0.1) is 10.2 Å². The summed E-state index contributed by atoms with van der Waals surface area (Å²) in [4.78, 5) is 8.20. The van der Waals surface area contributed by atoms with E-state index < -0.39 is 10.0 Å². The molecule has 0 aliphatic heterocycles. The van der Waals surface area contributed by atoms with Crippen LogP contribution < -0.4 is 5.14 Å². The first-order valence-electron chi connectivity index (χ1n) is 6.74. The van der Waals surface area contributed by atoms with Crippen LogP contribution in [-0.4, -0.2) is 43.6 Å². The van der Waals surface area contributed by atoms with Gasteiger partial charge in [0, 0.05) is 6.20 Å². The molecule has 11 heteroatoms. The van der Waals surface area contributed by atoms with Gasteiger partial charge >= 0.3 is 0 Å². The quantitative estimate of drug-likeness (QED) is 0.542. The van der Waals surface area contributed by atoms with Crippen LogP contribution in [0.1, 0.15) is 0 Å². The van der Waals surface area contributed by atoms with Crippen molar-refractivity contribution < 1.29 is 8.42 Å². The minimum absolute atomic E-state index is 0.0694. The van der Waals surface area contributed by atoms with E-state index in [1.807, 2.05) is 24.3 Å². The highest BCUT2D eigenvalue weighted by Gasteiger charge is 2.24. The number of nitrogens with zero attached hydrogens (tertiary/aromatic N) is 6. The number of para-hydroxylation sites is 2. The topological polar surface area (TPSA) is 145 Å². The van der Waals surface area contributed by atoms with Gasteiger partial charge in [0.2, 0.25) is 5.82 Å². The maximum atomic E-state index is 11.9. The van der Waals surface area contributed by atoms with Crippen molar-refractivity contribution in [2.45, 2.75) is 5.03 Å². The molecule has 0 unspecified atom stereocenters. The molecule has 1 aromatic carbocycles. The molecule has 0 amide bonds. The van der Waals surface area contributed by atoms with Crippen LogP contribution in [-0.2, 0) is 10.0 Å². The molecule has 0 radical (unpaired) electrons. The predicted octanol–water partition coefficient (Wildman–Crippen LogP) is 0.248. The Hall–Kier alpha value is -3.18. The van der Waals surface area contributed by atoms with E-state index in [4.69, 9.17) is 5.14 Å². The molecule has 3 aromatic heterocycles. The van der Waals surface area contributed by atoms with E-state index >= 15 is 0 Å². The number of benzene rings is 1. The zero-order valence-electron chi connectivity index (χ0n) is 12.0. The number of hydrogen-bond donors (Lipinski definition) is 2. The summed E-state index contributed by atoms with van der Waals surface area (Å²) in [6.07, 6.45) is 2.93. The average Bonchev–Trinajstić information content (AvgIpc) is 3.23. The van der Waals surface area contributed by atoms with Crippen LogP contribution in [0, 0.1) is 0 Å². The Bertz CT molecular complexity index is 1130. The fourth-order valence-electron chi connectivity index (χ4n) is 2.48. The Labute approximate surface area is 135 Å². The highest BCUT2D eigenvalue weighted by Crippen LogP contribution is 2.30. The number of rotatable bonds is 3. The summed E-state index contributed by atoms with van der Waals surface area (Å²) in [6, 6.07) is 9.06. The Morgan fingerprint density at radius 2 is 1.96 bits per heavy atom. The van der Waals surface area contributed by atoms with Crippen molar-refractivity contribution in [3.63, 3.8) is 0 Å². The molecule has 0 aliphatic carbocycles. The molecule has 3 N–H and O–H groups in total. The van der Waals surface area contributed by atoms with Crippen LogP contribution in [0.15, 0.2) is 47.9 Å². The summed E-state index contributed by atoms with van der Waals surface area (Å²) in [5.41, 5.74) is 2.17. The van der Waals surface area contributed by atoms with Crippen LogP contribution in [0.3, 0.4) is 0 Å². The molecule has 0 spiro atoms. The van der Waals surface area contributed by atoms with E-state index in [2.05, 4.69) is 30.6 Å². The van der Waals surface area contributed by atoms with Crippen LogP contribution in [0.2, 0.25) is 0 Å². The van der Waals surface area contributed by atoms with E-state index in [0.717, 1.165) is 11.0 Å². The molecule has 0 fully saturated rings. The van der Waals surface area contributed by atoms with E-state index in [1.165, 1.54) is 6.20 Å². The summed E-state index contributed by atoms with van der Waals surface area (Å²) >= 11 is 0. The Balaban J connectivity index is 2.10. The highest BCUT2D eigenvalue weighted by atomic mass is 32.2. The van der Waals surface area contributed by atoms with Gasteiger partial charge in [-0.25, -0.2) is 23.5 Å². The first kappa shape index (κ1) is 14.4. The van der Waals surface area contributed by atoms with E-state index in [9.17, 15) is 8.42 Å². The number of fused-ring (bicyclic) bond motifs is 1. The smallest absolute Gasteiger partial charge is 0.256 e. The average molecular weight is 342 g/mol. The molecule has 24 heavy (non-hydrogen) atoms. The number of tetrazole rings is 1. The van der Waals surface area contributed by atoms with Gasteiger partial charge in [-0.3, -0.25) is 4.57 Å². The number of H-pyrrole nitrogens is 1. The second-order valence-corrected chi connectivity index (χ2v) is 6.37. The number of nitrogens with two attached hydrogens (primary N) is 1. The number of imidazole rings is 1. The standard InChI is InChI=1S/C13H10N8O2S/c14-24(22,23)13-11(12-17-19-20-18-12)10(5-6-15-13)21-7-16-8-3-1-2-4-9(8)21/h1-7H,(H2,14,22,23)(H,17,18,19,20). The molecule has 0 saturated heterocycles. The van der Waals surface area contributed by atoms with Crippen molar-refractivity contribution in [1.29, 1.82) is 0 Å². The minimum atomic E-state index is -4.09. The molecular weight excluding hydrogens is 332 g/mol. The van der Waals surface area contributed by atoms with Crippen molar-refractivity contribution in [1.82, 2.24) is 35.2 Å². The fourth-order valence-corrected chi connectivity index (χ4v) is 3.17. The van der Waals surface area contributed by atoms with Gasteiger partial charge in [0.1, 0.15) is 6.33 Å². The monoisotopic (exact) mass is 342 g/mol. The predicted molar refractivity (Wildman–Crippen MR) is 83.4 cm³/mol. The van der Waals surface area contributed by atoms with Gasteiger partial charge in [0.05, 0.1) is 22.3 Å². The largest absolute Gasteiger partial charge is 0.298 e. The van der Waals surface area contributed by atoms with Gasteiger partial charge < -0.3 is 0 Å². The maximum absolute atomic E-state index is 11.9. The number of nitrogens with one attached hydrogen (secondary N) is 1. The van der Waals surface area contributed by atoms with E-state index in [-0.39, 0.29) is 16.4 Å². The summed E-state index contributed by atoms with van der Waals surface area (Å²) in [5.74, 6) is 0.0694. The lowest BCUT2D eigenvalue weighted by Gasteiger charge is -2.11. The molecule has 120 valence electrons. The summed E-state index contributed by atoms with van der Waals surface area (Å²) < 4.78 is 25.6. The molecule has 10 nitrogen and oxygen atoms in total. The minimum Gasteiger partial charge on any atom is -0.298 e. The summed E-state index contributed by atoms with van der Waals surface area (Å²) in [7, 11) is -4.09. The summed E-state index contributed by atoms with van der Waals surface area (Å²) in [5, 5.41) is 18.5. The van der Waals surface area contributed by atoms with Crippen molar-refractivity contribution in [2.75, 3.05) is 0 Å². The van der Waals surface area contributed by atoms with Crippen molar-refractivity contribution in [3.8, 4) is 17.1 Å². The van der Waals surface area contributed by atoms with Crippen LogP contribution in [0.25, 0.3) is 28.1 Å². The maximum Gasteiger partial charge on any atom is 0.256 e. The van der Waals surface area contributed by atoms with Crippen molar-refractivity contribution in [2.24, 2.45) is 5.14 Å². The number of primary sulfonamides is 1. The fraction of sp³-hybridized carbons (Fsp3) is 0. The van der Waals surface area contributed by atoms with Crippen LogP contribution in [0.5, 0.6) is 0 Å². The van der Waals surface area contributed by atoms with Gasteiger partial charge in [-0.1, -0.05) is 12.1 Å². The van der Waals surface area contributed by atoms with Gasteiger partial charge in [0.25, 0.3) is 10.0 Å². The first-order chi connectivity index (χ1) is 11.6. The highest BCUT2D eigenvalue weighted by molar-refractivity contribution is 7.89. The Morgan fingerprint density at radius 3 is 2.71 bits per heavy atom. The van der Waals surface area contributed by atoms with Gasteiger partial charge in [-0.05, 0) is 23.4 Å². The first-order valence-corrected chi connectivity index (χ1v) is 8.28. The normalized spacial score (nSPS) is 11.9. The van der Waals surface area contributed by atoms with E-state index in [1.54, 1.807) is 17.0 Å². The molecule has 0 bridgehead atoms. The Kier molecular flexibility index (Phi) is 3.11. The number of aromatic amines is 1. The zero-order valence-corrected chi connectivity index (χ0v) is 12.8. The number of pyridine rings is 1. The molecule has 0 atom stereocenters. The SMILES string of the molecule is NS(=O)(=O)c1nccc(-n2cnc3ccccc32)c1-c1nn[nH]n1. The molecule has 4 rings (SSSR count). The molecule has 0 aliphatic rings. The van der Waals surface area contributed by atoms with Gasteiger partial charge in [-0.2, -0.15) is 5.21 Å². The molecule has 4 aromatic rings. The zero-order chi connectivity index (χ0) is 16.7. The van der Waals surface area contributed by atoms with Crippen LogP contribution in [0.4, 0.5) is 0 Å². The Morgan fingerprint density at radius 1 is 1.12 bits per heavy atom. The summed E-state index contributed by atoms with van der Waals surface area (Å²) in [6.45, 7) is 0. The van der Waals surface area contributed by atoms with Gasteiger partial charge in [0.15, 0.2) is 5.03 Å². The second-order valence-electron chi connectivity index (χ2n) is 4.89. The lowest BCUT2D eigenvalue weighted by molar-refractivity contribution is 0.594. The number of aromatic nitrogens is 7. The van der Waals surface area contributed by atoms with E-state index in [0.29, 0.717) is 5.69 Å². The third kappa shape index (κ3) is 2.23. The lowest BCUT2D eigenvalue weighted by atomic mass is 10.2. The number of sulfonamides is 1. The molecule has 0 saturated carbocycles. The van der Waals surface area contributed by atoms with Crippen molar-refractivity contribution >= 4 is 21.1 Å². The molecule has 3 heterocycles. The van der Waals surface area contributed by atoms with Crippen molar-refractivity contribution in [3.05, 3.63) is 42.9 Å². The number of hydrogen-bond acceptors (Lipinski definition) is 7.